The molecule has 0 spiro atoms. The number of rotatable bonds is 3. The van der Waals surface area contributed by atoms with Crippen LogP contribution < -0.4 is 16.4 Å². The van der Waals surface area contributed by atoms with Gasteiger partial charge in [-0.2, -0.15) is 18.4 Å². The molecule has 5 nitrogen and oxygen atoms in total. The van der Waals surface area contributed by atoms with Crippen molar-refractivity contribution >= 4 is 5.91 Å². The number of alkyl halides is 3. The van der Waals surface area contributed by atoms with Gasteiger partial charge in [0.15, 0.2) is 0 Å². The van der Waals surface area contributed by atoms with Crippen molar-refractivity contribution < 1.29 is 18.0 Å². The number of nitrogens with two attached hydrogens (primary N) is 1. The molecule has 2 rings (SSSR count). The van der Waals surface area contributed by atoms with Crippen molar-refractivity contribution in [2.24, 2.45) is 5.73 Å². The Balaban J connectivity index is 2.48. The lowest BCUT2D eigenvalue weighted by Gasteiger charge is -2.32. The lowest BCUT2D eigenvalue weighted by Crippen LogP contribution is -2.52. The second kappa shape index (κ2) is 6.18. The highest BCUT2D eigenvalue weighted by Crippen LogP contribution is 2.35. The third-order valence-electron chi connectivity index (χ3n) is 3.91. The Bertz CT molecular complexity index is 643. The van der Waals surface area contributed by atoms with Gasteiger partial charge in [-0.3, -0.25) is 4.79 Å². The lowest BCUT2D eigenvalue weighted by atomic mass is 9.84. The summed E-state index contributed by atoms with van der Waals surface area (Å²) in [6.45, 7) is 2.42. The predicted octanol–water partition coefficient (Wildman–Crippen LogP) is 1.23. The van der Waals surface area contributed by atoms with Crippen LogP contribution in [0.3, 0.4) is 0 Å². The zero-order chi connectivity index (χ0) is 17.3. The normalized spacial score (nSPS) is 22.4. The quantitative estimate of drug-likeness (QED) is 0.779. The monoisotopic (exact) mass is 326 g/mol. The predicted molar refractivity (Wildman–Crippen MR) is 77.1 cm³/mol. The second-order valence-corrected chi connectivity index (χ2v) is 5.66. The molecule has 1 fully saturated rings. The minimum atomic E-state index is -4.53. The van der Waals surface area contributed by atoms with E-state index in [1.165, 1.54) is 13.0 Å². The molecule has 1 aliphatic rings. The van der Waals surface area contributed by atoms with Gasteiger partial charge in [0.05, 0.1) is 28.8 Å². The highest BCUT2D eigenvalue weighted by molar-refractivity contribution is 5.82. The Kier molecular flexibility index (Phi) is 4.63. The SMILES string of the molecule is C[C@H](N)C(=O)N[C@]1(c2ccc(C(F)(F)F)cc2C#N)CCNC1. The Morgan fingerprint density at radius 2 is 2.22 bits per heavy atom. The van der Waals surface area contributed by atoms with Crippen LogP contribution in [0.25, 0.3) is 0 Å². The fourth-order valence-electron chi connectivity index (χ4n) is 2.68. The molecule has 0 radical (unpaired) electrons. The largest absolute Gasteiger partial charge is 0.416 e. The van der Waals surface area contributed by atoms with E-state index in [4.69, 9.17) is 5.73 Å². The Morgan fingerprint density at radius 3 is 2.70 bits per heavy atom. The van der Waals surface area contributed by atoms with Crippen molar-refractivity contribution in [1.82, 2.24) is 10.6 Å². The maximum absolute atomic E-state index is 12.8. The molecule has 1 aromatic rings. The first-order valence-electron chi connectivity index (χ1n) is 7.10. The summed E-state index contributed by atoms with van der Waals surface area (Å²) in [6.07, 6.45) is -4.06. The van der Waals surface area contributed by atoms with Gasteiger partial charge >= 0.3 is 6.18 Å². The number of nitrogens with zero attached hydrogens (tertiary/aromatic N) is 1. The number of hydrogen-bond acceptors (Lipinski definition) is 4. The maximum atomic E-state index is 12.8. The third kappa shape index (κ3) is 3.46. The fraction of sp³-hybridized carbons (Fsp3) is 0.467. The van der Waals surface area contributed by atoms with Crippen molar-refractivity contribution in [3.8, 4) is 6.07 Å². The molecular formula is C15H17F3N4O. The summed E-state index contributed by atoms with van der Waals surface area (Å²) in [6, 6.07) is 4.04. The molecule has 1 aliphatic heterocycles. The third-order valence-corrected chi connectivity index (χ3v) is 3.91. The van der Waals surface area contributed by atoms with E-state index < -0.39 is 29.2 Å². The number of carbonyl (C=O) groups excluding carboxylic acids is 1. The summed E-state index contributed by atoms with van der Waals surface area (Å²) >= 11 is 0. The van der Waals surface area contributed by atoms with E-state index >= 15 is 0 Å². The first-order chi connectivity index (χ1) is 10.7. The van der Waals surface area contributed by atoms with Crippen LogP contribution in [0.1, 0.15) is 30.0 Å². The van der Waals surface area contributed by atoms with Crippen molar-refractivity contribution in [3.63, 3.8) is 0 Å². The van der Waals surface area contributed by atoms with Crippen LogP contribution in [-0.4, -0.2) is 25.0 Å². The van der Waals surface area contributed by atoms with E-state index in [9.17, 15) is 23.2 Å². The highest BCUT2D eigenvalue weighted by Gasteiger charge is 2.40. The summed E-state index contributed by atoms with van der Waals surface area (Å²) in [5.41, 5.74) is 4.00. The molecule has 2 atom stereocenters. The van der Waals surface area contributed by atoms with Crippen molar-refractivity contribution in [2.75, 3.05) is 13.1 Å². The van der Waals surface area contributed by atoms with Gasteiger partial charge in [-0.1, -0.05) is 6.07 Å². The minimum absolute atomic E-state index is 0.103. The molecule has 0 bridgehead atoms. The van der Waals surface area contributed by atoms with E-state index in [1.54, 1.807) is 6.07 Å². The highest BCUT2D eigenvalue weighted by atomic mass is 19.4. The van der Waals surface area contributed by atoms with Gasteiger partial charge in [0.2, 0.25) is 5.91 Å². The number of benzene rings is 1. The van der Waals surface area contributed by atoms with Crippen LogP contribution >= 0.6 is 0 Å². The average molecular weight is 326 g/mol. The molecule has 1 aromatic carbocycles. The molecular weight excluding hydrogens is 309 g/mol. The molecule has 0 aromatic heterocycles. The van der Waals surface area contributed by atoms with E-state index in [1.807, 2.05) is 0 Å². The number of nitriles is 1. The Labute approximate surface area is 131 Å². The molecule has 1 heterocycles. The van der Waals surface area contributed by atoms with Crippen LogP contribution in [0, 0.1) is 11.3 Å². The summed E-state index contributed by atoms with van der Waals surface area (Å²) in [4.78, 5) is 12.0. The summed E-state index contributed by atoms with van der Waals surface area (Å²) in [5.74, 6) is -0.419. The molecule has 1 saturated heterocycles. The zero-order valence-corrected chi connectivity index (χ0v) is 12.5. The number of carbonyl (C=O) groups is 1. The van der Waals surface area contributed by atoms with E-state index in [0.717, 1.165) is 12.1 Å². The number of hydrogen-bond donors (Lipinski definition) is 3. The van der Waals surface area contributed by atoms with Crippen LogP contribution in [0.15, 0.2) is 18.2 Å². The van der Waals surface area contributed by atoms with Crippen LogP contribution in [-0.2, 0) is 16.5 Å². The van der Waals surface area contributed by atoms with Crippen LogP contribution in [0.2, 0.25) is 0 Å². The number of amides is 1. The average Bonchev–Trinajstić information content (AvgIpc) is 2.95. The summed E-state index contributed by atoms with van der Waals surface area (Å²) in [7, 11) is 0. The van der Waals surface area contributed by atoms with E-state index in [0.29, 0.717) is 25.1 Å². The summed E-state index contributed by atoms with van der Waals surface area (Å²) < 4.78 is 38.4. The van der Waals surface area contributed by atoms with Gasteiger partial charge in [-0.05, 0) is 37.6 Å². The number of halogens is 3. The van der Waals surface area contributed by atoms with Gasteiger partial charge in [0.1, 0.15) is 0 Å². The second-order valence-electron chi connectivity index (χ2n) is 5.66. The Hall–Kier alpha value is -2.11. The molecule has 1 amide bonds. The molecule has 0 saturated carbocycles. The smallest absolute Gasteiger partial charge is 0.344 e. The maximum Gasteiger partial charge on any atom is 0.416 e. The van der Waals surface area contributed by atoms with Crippen LogP contribution in [0.5, 0.6) is 0 Å². The molecule has 8 heteroatoms. The van der Waals surface area contributed by atoms with Gasteiger partial charge < -0.3 is 16.4 Å². The molecule has 0 unspecified atom stereocenters. The van der Waals surface area contributed by atoms with Gasteiger partial charge in [-0.15, -0.1) is 0 Å². The van der Waals surface area contributed by atoms with Crippen molar-refractivity contribution in [1.29, 1.82) is 5.26 Å². The Morgan fingerprint density at radius 1 is 1.52 bits per heavy atom. The lowest BCUT2D eigenvalue weighted by molar-refractivity contribution is -0.137. The first kappa shape index (κ1) is 17.2. The standard InChI is InChI=1S/C15H17F3N4O/c1-9(20)13(23)22-14(4-5-21-8-14)12-3-2-11(15(16,17)18)6-10(12)7-19/h2-3,6,9,21H,4-5,8,20H2,1H3,(H,22,23)/t9-,14+/m0/s1. The zero-order valence-electron chi connectivity index (χ0n) is 12.5. The minimum Gasteiger partial charge on any atom is -0.344 e. The topological polar surface area (TPSA) is 90.9 Å². The fourth-order valence-corrected chi connectivity index (χ4v) is 2.68. The van der Waals surface area contributed by atoms with E-state index in [-0.39, 0.29) is 5.56 Å². The van der Waals surface area contributed by atoms with Gasteiger partial charge in [-0.25, -0.2) is 0 Å². The van der Waals surface area contributed by atoms with Crippen molar-refractivity contribution in [2.45, 2.75) is 31.1 Å². The van der Waals surface area contributed by atoms with Crippen molar-refractivity contribution in [3.05, 3.63) is 34.9 Å². The molecule has 4 N–H and O–H groups in total. The van der Waals surface area contributed by atoms with E-state index in [2.05, 4.69) is 10.6 Å². The molecule has 23 heavy (non-hydrogen) atoms. The number of nitrogens with one attached hydrogen (secondary N) is 2. The van der Waals surface area contributed by atoms with Crippen LogP contribution in [0.4, 0.5) is 13.2 Å². The molecule has 0 aliphatic carbocycles. The first-order valence-corrected chi connectivity index (χ1v) is 7.10. The molecule has 124 valence electrons. The van der Waals surface area contributed by atoms with Gasteiger partial charge in [0, 0.05) is 6.54 Å². The summed E-state index contributed by atoms with van der Waals surface area (Å²) in [5, 5.41) is 15.1. The van der Waals surface area contributed by atoms with Gasteiger partial charge in [0.25, 0.3) is 0 Å².